The summed E-state index contributed by atoms with van der Waals surface area (Å²) in [6, 6.07) is 2.99. The van der Waals surface area contributed by atoms with E-state index in [4.69, 9.17) is 4.74 Å². The third kappa shape index (κ3) is 3.84. The molecule has 2 saturated heterocycles. The van der Waals surface area contributed by atoms with E-state index in [2.05, 4.69) is 5.32 Å². The lowest BCUT2D eigenvalue weighted by molar-refractivity contribution is 0.00500. The Labute approximate surface area is 186 Å². The van der Waals surface area contributed by atoms with Crippen LogP contribution in [0.3, 0.4) is 0 Å². The Morgan fingerprint density at radius 2 is 1.81 bits per heavy atom. The summed E-state index contributed by atoms with van der Waals surface area (Å²) in [5.41, 5.74) is -0.935. The largest absolute Gasteiger partial charge is 0.505 e. The molecule has 4 rings (SSSR count). The first kappa shape index (κ1) is 22.2. The Morgan fingerprint density at radius 3 is 2.38 bits per heavy atom. The number of ether oxygens (including phenoxy) is 1. The second-order valence-electron chi connectivity index (χ2n) is 10.1. The van der Waals surface area contributed by atoms with Crippen LogP contribution in [0.1, 0.15) is 76.7 Å². The molecule has 0 saturated carbocycles. The number of aromatic hydroxyl groups is 1. The lowest BCUT2D eigenvalue weighted by Gasteiger charge is -2.39. The molecule has 2 aromatic heterocycles. The van der Waals surface area contributed by atoms with E-state index in [9.17, 15) is 19.5 Å². The summed E-state index contributed by atoms with van der Waals surface area (Å²) in [6.07, 6.45) is 4.27. The van der Waals surface area contributed by atoms with Gasteiger partial charge in [-0.15, -0.1) is 0 Å². The van der Waals surface area contributed by atoms with Crippen LogP contribution in [0.15, 0.2) is 23.1 Å². The molecule has 9 nitrogen and oxygen atoms in total. The number of piperidine rings is 1. The van der Waals surface area contributed by atoms with Gasteiger partial charge in [0.25, 0.3) is 11.5 Å². The summed E-state index contributed by atoms with van der Waals surface area (Å²) in [6.45, 7) is 9.24. The van der Waals surface area contributed by atoms with Gasteiger partial charge in [-0.3, -0.25) is 14.1 Å². The number of carbonyl (C=O) groups excluding carboxylic acids is 2. The number of fused-ring (bicyclic) bond motifs is 3. The molecule has 0 aliphatic carbocycles. The van der Waals surface area contributed by atoms with Crippen molar-refractivity contribution in [3.05, 3.63) is 34.2 Å². The molecule has 2 aromatic rings. The van der Waals surface area contributed by atoms with Crippen LogP contribution in [-0.4, -0.2) is 54.9 Å². The Bertz CT molecular complexity index is 1100. The molecule has 32 heavy (non-hydrogen) atoms. The molecule has 174 valence electrons. The molecule has 2 unspecified atom stereocenters. The van der Waals surface area contributed by atoms with E-state index < -0.39 is 17.1 Å². The normalized spacial score (nSPS) is 23.1. The van der Waals surface area contributed by atoms with Gasteiger partial charge >= 0.3 is 6.09 Å². The van der Waals surface area contributed by atoms with Crippen molar-refractivity contribution >= 4 is 17.5 Å². The van der Waals surface area contributed by atoms with Gasteiger partial charge in [-0.2, -0.15) is 0 Å². The molecule has 0 aromatic carbocycles. The number of carbonyl (C=O) groups is 2. The topological polar surface area (TPSA) is 105 Å². The molecular weight excluding hydrogens is 412 g/mol. The van der Waals surface area contributed by atoms with Crippen LogP contribution in [0.4, 0.5) is 4.79 Å². The third-order valence-electron chi connectivity index (χ3n) is 6.25. The van der Waals surface area contributed by atoms with Crippen molar-refractivity contribution in [2.24, 2.45) is 0 Å². The molecule has 2 bridgehead atoms. The lowest BCUT2D eigenvalue weighted by Crippen LogP contribution is -2.53. The zero-order valence-electron chi connectivity index (χ0n) is 19.3. The molecular formula is C23H32N4O5. The molecule has 0 radical (unpaired) electrons. The van der Waals surface area contributed by atoms with Crippen LogP contribution in [0, 0.1) is 0 Å². The second-order valence-corrected chi connectivity index (χ2v) is 10.1. The van der Waals surface area contributed by atoms with Gasteiger partial charge in [0.05, 0.1) is 0 Å². The van der Waals surface area contributed by atoms with Gasteiger partial charge in [-0.25, -0.2) is 9.48 Å². The lowest BCUT2D eigenvalue weighted by atomic mass is 9.97. The van der Waals surface area contributed by atoms with Crippen LogP contribution in [0.5, 0.6) is 5.75 Å². The highest BCUT2D eigenvalue weighted by Gasteiger charge is 2.45. The number of nitrogens with zero attached hydrogens (tertiary/aromatic N) is 3. The number of nitrogens with one attached hydrogen (secondary N) is 1. The summed E-state index contributed by atoms with van der Waals surface area (Å²) in [5, 5.41) is 13.6. The minimum atomic E-state index is -0.583. The minimum Gasteiger partial charge on any atom is -0.505 e. The van der Waals surface area contributed by atoms with Crippen molar-refractivity contribution < 1.29 is 19.4 Å². The van der Waals surface area contributed by atoms with Crippen molar-refractivity contribution in [1.82, 2.24) is 19.4 Å². The summed E-state index contributed by atoms with van der Waals surface area (Å²) in [7, 11) is 0. The maximum absolute atomic E-state index is 13.1. The first-order chi connectivity index (χ1) is 15.0. The Hall–Kier alpha value is -2.97. The Kier molecular flexibility index (Phi) is 5.46. The number of hydrogen-bond acceptors (Lipinski definition) is 5. The fraction of sp³-hybridized carbons (Fsp3) is 0.609. The Balaban J connectivity index is 1.55. The smallest absolute Gasteiger partial charge is 0.410 e. The zero-order chi connectivity index (χ0) is 23.4. The maximum atomic E-state index is 13.1. The monoisotopic (exact) mass is 444 g/mol. The Morgan fingerprint density at radius 1 is 1.19 bits per heavy atom. The molecule has 2 aliphatic heterocycles. The van der Waals surface area contributed by atoms with Gasteiger partial charge in [0.15, 0.2) is 5.75 Å². The van der Waals surface area contributed by atoms with E-state index in [0.29, 0.717) is 18.4 Å². The minimum absolute atomic E-state index is 0.0112. The average Bonchev–Trinajstić information content (AvgIpc) is 3.23. The molecule has 2 atom stereocenters. The highest BCUT2D eigenvalue weighted by atomic mass is 16.6. The van der Waals surface area contributed by atoms with Crippen molar-refractivity contribution in [2.45, 2.75) is 90.1 Å². The summed E-state index contributed by atoms with van der Waals surface area (Å²) in [4.78, 5) is 40.7. The van der Waals surface area contributed by atoms with Gasteiger partial charge in [-0.1, -0.05) is 0 Å². The highest BCUT2D eigenvalue weighted by Crippen LogP contribution is 2.37. The van der Waals surface area contributed by atoms with Crippen LogP contribution < -0.4 is 10.9 Å². The van der Waals surface area contributed by atoms with Gasteiger partial charge in [0.1, 0.15) is 16.7 Å². The van der Waals surface area contributed by atoms with Crippen molar-refractivity contribution in [1.29, 1.82) is 0 Å². The van der Waals surface area contributed by atoms with Crippen LogP contribution in [-0.2, 0) is 4.74 Å². The maximum Gasteiger partial charge on any atom is 0.410 e. The fourth-order valence-corrected chi connectivity index (χ4v) is 5.04. The number of rotatable bonds is 3. The van der Waals surface area contributed by atoms with E-state index in [1.54, 1.807) is 22.8 Å². The molecule has 2 N–H and O–H groups in total. The number of aromatic nitrogens is 2. The highest BCUT2D eigenvalue weighted by molar-refractivity contribution is 5.98. The summed E-state index contributed by atoms with van der Waals surface area (Å²) in [5.74, 6) is -0.899. The van der Waals surface area contributed by atoms with Gasteiger partial charge in [0, 0.05) is 30.4 Å². The second kappa shape index (κ2) is 7.86. The summed E-state index contributed by atoms with van der Waals surface area (Å²) >= 11 is 0. The molecule has 0 spiro atoms. The zero-order valence-corrected chi connectivity index (χ0v) is 19.3. The molecule has 2 fully saturated rings. The van der Waals surface area contributed by atoms with E-state index in [-0.39, 0.29) is 41.6 Å². The molecule has 2 aliphatic rings. The first-order valence-corrected chi connectivity index (χ1v) is 11.2. The van der Waals surface area contributed by atoms with Gasteiger partial charge < -0.3 is 20.1 Å². The van der Waals surface area contributed by atoms with Crippen LogP contribution >= 0.6 is 0 Å². The van der Waals surface area contributed by atoms with Crippen molar-refractivity contribution in [3.63, 3.8) is 0 Å². The van der Waals surface area contributed by atoms with Crippen LogP contribution in [0.25, 0.3) is 5.52 Å². The van der Waals surface area contributed by atoms with Crippen molar-refractivity contribution in [2.75, 3.05) is 0 Å². The predicted octanol–water partition coefficient (Wildman–Crippen LogP) is 3.05. The molecule has 9 heteroatoms. The SMILES string of the molecule is CC(C)n1c(=O)c(C(=O)NC2CC3CCC(C2)N3C(=O)OC(C)(C)C)c(O)c2cccn21. The van der Waals surface area contributed by atoms with Crippen LogP contribution in [0.2, 0.25) is 0 Å². The van der Waals surface area contributed by atoms with Gasteiger partial charge in [-0.05, 0) is 72.4 Å². The third-order valence-corrected chi connectivity index (χ3v) is 6.25. The standard InChI is InChI=1S/C23H32N4O5/c1-13(2)27-21(30)18(19(28)17-7-6-10-25(17)27)20(29)24-14-11-15-8-9-16(12-14)26(15)22(31)32-23(3,4)5/h6-7,10,13-16,28H,8-9,11-12H2,1-5H3,(H,24,29). The molecule has 2 amide bonds. The first-order valence-electron chi connectivity index (χ1n) is 11.2. The predicted molar refractivity (Wildman–Crippen MR) is 119 cm³/mol. The fourth-order valence-electron chi connectivity index (χ4n) is 5.04. The summed E-state index contributed by atoms with van der Waals surface area (Å²) < 4.78 is 8.59. The van der Waals surface area contributed by atoms with E-state index in [0.717, 1.165) is 12.8 Å². The number of amides is 2. The molecule has 4 heterocycles. The van der Waals surface area contributed by atoms with Gasteiger partial charge in [0.2, 0.25) is 0 Å². The van der Waals surface area contributed by atoms with E-state index in [1.807, 2.05) is 39.5 Å². The quantitative estimate of drug-likeness (QED) is 0.757. The number of hydrogen-bond donors (Lipinski definition) is 2. The van der Waals surface area contributed by atoms with E-state index >= 15 is 0 Å². The van der Waals surface area contributed by atoms with E-state index in [1.165, 1.54) is 4.68 Å². The average molecular weight is 445 g/mol. The van der Waals surface area contributed by atoms with Crippen molar-refractivity contribution in [3.8, 4) is 5.75 Å².